The van der Waals surface area contributed by atoms with E-state index in [1.54, 1.807) is 6.08 Å². The first-order chi connectivity index (χ1) is 21.0. The van der Waals surface area contributed by atoms with Crippen LogP contribution < -0.4 is 5.32 Å². The Morgan fingerprint density at radius 1 is 0.628 bits per heavy atom. The van der Waals surface area contributed by atoms with Crippen molar-refractivity contribution in [3.63, 3.8) is 0 Å². The van der Waals surface area contributed by atoms with Gasteiger partial charge >= 0.3 is 0 Å². The summed E-state index contributed by atoms with van der Waals surface area (Å²) in [7, 11) is 0. The van der Waals surface area contributed by atoms with Crippen LogP contribution in [-0.4, -0.2) is 46.1 Å². The molecule has 0 rings (SSSR count). The van der Waals surface area contributed by atoms with Gasteiger partial charge in [0, 0.05) is 0 Å². The van der Waals surface area contributed by atoms with Gasteiger partial charge in [0.1, 0.15) is 0 Å². The molecule has 0 aromatic heterocycles. The van der Waals surface area contributed by atoms with Crippen molar-refractivity contribution in [3.8, 4) is 0 Å². The smallest absolute Gasteiger partial charge is 0.222 e. The zero-order valence-electron chi connectivity index (χ0n) is 28.1. The molecule has 0 saturated heterocycles. The quantitative estimate of drug-likeness (QED) is 0.0469. The predicted molar refractivity (Wildman–Crippen MR) is 185 cm³/mol. The first-order valence-corrected chi connectivity index (χ1v) is 17.9. The summed E-state index contributed by atoms with van der Waals surface area (Å²) in [6.07, 6.45) is 41.0. The third-order valence-corrected chi connectivity index (χ3v) is 7.85. The summed E-state index contributed by atoms with van der Waals surface area (Å²) in [5.74, 6) is -0.332. The van der Waals surface area contributed by atoms with Crippen LogP contribution in [0.5, 0.6) is 0 Å². The standard InChI is InChI=1S/C38H69NO4/c1-3-5-7-9-11-13-14-15-16-17-18-19-20-21-22-24-25-27-29-31-35(41)33-38(43)39-36(34-40)37(42)32-30-28-26-23-12-10-8-6-4-2/h5,7,11-13,23,30,32,35-37,40-42H,3-4,6,8-10,14-22,24-29,31,33-34H2,1-2H3,(H,39,43)/b7-5-,13-11-,23-12+,32-30+. The second-order valence-electron chi connectivity index (χ2n) is 12.1. The van der Waals surface area contributed by atoms with Crippen molar-refractivity contribution in [1.82, 2.24) is 5.32 Å². The molecular formula is C38H69NO4. The minimum Gasteiger partial charge on any atom is -0.394 e. The SMILES string of the molecule is CC/C=C\C/C=C\CCCCCCCCCCCCCCC(O)CC(=O)NC(CO)C(O)/C=C/CC/C=C/CCCCC. The molecule has 0 aromatic carbocycles. The molecule has 0 aliphatic heterocycles. The van der Waals surface area contributed by atoms with Crippen LogP contribution in [0.15, 0.2) is 48.6 Å². The van der Waals surface area contributed by atoms with E-state index in [0.717, 1.165) is 44.9 Å². The van der Waals surface area contributed by atoms with E-state index in [0.29, 0.717) is 6.42 Å². The maximum atomic E-state index is 12.3. The van der Waals surface area contributed by atoms with E-state index in [1.165, 1.54) is 89.9 Å². The number of amides is 1. The van der Waals surface area contributed by atoms with Crippen LogP contribution in [0.3, 0.4) is 0 Å². The van der Waals surface area contributed by atoms with Gasteiger partial charge in [-0.1, -0.05) is 146 Å². The van der Waals surface area contributed by atoms with Gasteiger partial charge in [0.25, 0.3) is 0 Å². The summed E-state index contributed by atoms with van der Waals surface area (Å²) in [6.45, 7) is 4.02. The lowest BCUT2D eigenvalue weighted by Crippen LogP contribution is -2.45. The van der Waals surface area contributed by atoms with Gasteiger partial charge in [-0.25, -0.2) is 0 Å². The Morgan fingerprint density at radius 3 is 1.74 bits per heavy atom. The molecule has 1 amide bonds. The van der Waals surface area contributed by atoms with E-state index < -0.39 is 18.2 Å². The Labute approximate surface area is 266 Å². The molecule has 5 nitrogen and oxygen atoms in total. The number of carbonyl (C=O) groups excluding carboxylic acids is 1. The number of nitrogens with one attached hydrogen (secondary N) is 1. The number of aliphatic hydroxyl groups excluding tert-OH is 3. The second kappa shape index (κ2) is 33.2. The number of hydrogen-bond donors (Lipinski definition) is 4. The van der Waals surface area contributed by atoms with Gasteiger partial charge in [-0.15, -0.1) is 0 Å². The molecule has 0 aliphatic rings. The van der Waals surface area contributed by atoms with Crippen molar-refractivity contribution in [1.29, 1.82) is 0 Å². The van der Waals surface area contributed by atoms with Crippen molar-refractivity contribution in [3.05, 3.63) is 48.6 Å². The molecule has 0 saturated carbocycles. The molecule has 0 aliphatic carbocycles. The molecule has 4 N–H and O–H groups in total. The topological polar surface area (TPSA) is 89.8 Å². The molecule has 0 bridgehead atoms. The molecule has 0 radical (unpaired) electrons. The van der Waals surface area contributed by atoms with Crippen LogP contribution in [0.25, 0.3) is 0 Å². The number of unbranched alkanes of at least 4 members (excludes halogenated alkanes) is 16. The number of carbonyl (C=O) groups is 1. The Bertz CT molecular complexity index is 715. The summed E-state index contributed by atoms with van der Waals surface area (Å²) in [5.41, 5.74) is 0. The fraction of sp³-hybridized carbons (Fsp3) is 0.763. The predicted octanol–water partition coefficient (Wildman–Crippen LogP) is 9.42. The van der Waals surface area contributed by atoms with Crippen molar-refractivity contribution in [2.45, 2.75) is 180 Å². The number of hydrogen-bond acceptors (Lipinski definition) is 4. The molecule has 5 heteroatoms. The van der Waals surface area contributed by atoms with E-state index in [9.17, 15) is 20.1 Å². The second-order valence-corrected chi connectivity index (χ2v) is 12.1. The van der Waals surface area contributed by atoms with Gasteiger partial charge in [-0.05, 0) is 57.8 Å². The van der Waals surface area contributed by atoms with E-state index in [4.69, 9.17) is 0 Å². The Hall–Kier alpha value is -1.69. The number of aliphatic hydroxyl groups is 3. The van der Waals surface area contributed by atoms with Crippen LogP contribution >= 0.6 is 0 Å². The lowest BCUT2D eigenvalue weighted by molar-refractivity contribution is -0.124. The monoisotopic (exact) mass is 604 g/mol. The van der Waals surface area contributed by atoms with E-state index in [-0.39, 0.29) is 18.9 Å². The van der Waals surface area contributed by atoms with Crippen LogP contribution in [0.1, 0.15) is 162 Å². The average Bonchev–Trinajstić information content (AvgIpc) is 3.00. The molecule has 0 aromatic rings. The largest absolute Gasteiger partial charge is 0.394 e. The van der Waals surface area contributed by atoms with Crippen LogP contribution in [-0.2, 0) is 4.79 Å². The maximum Gasteiger partial charge on any atom is 0.222 e. The highest BCUT2D eigenvalue weighted by molar-refractivity contribution is 5.76. The molecule has 0 fully saturated rings. The van der Waals surface area contributed by atoms with Gasteiger partial charge in [0.05, 0.1) is 31.3 Å². The number of allylic oxidation sites excluding steroid dienone is 7. The van der Waals surface area contributed by atoms with Crippen molar-refractivity contribution in [2.75, 3.05) is 6.61 Å². The molecule has 250 valence electrons. The molecule has 43 heavy (non-hydrogen) atoms. The lowest BCUT2D eigenvalue weighted by Gasteiger charge is -2.21. The van der Waals surface area contributed by atoms with Gasteiger partial charge < -0.3 is 20.6 Å². The molecular weight excluding hydrogens is 534 g/mol. The molecule has 3 unspecified atom stereocenters. The maximum absolute atomic E-state index is 12.3. The van der Waals surface area contributed by atoms with E-state index in [1.807, 2.05) is 6.08 Å². The Kier molecular flexibility index (Phi) is 31.9. The Morgan fingerprint density at radius 2 is 1.14 bits per heavy atom. The summed E-state index contributed by atoms with van der Waals surface area (Å²) >= 11 is 0. The summed E-state index contributed by atoms with van der Waals surface area (Å²) in [4.78, 5) is 12.3. The van der Waals surface area contributed by atoms with Crippen molar-refractivity contribution in [2.24, 2.45) is 0 Å². The molecule has 3 atom stereocenters. The van der Waals surface area contributed by atoms with Gasteiger partial charge in [0.2, 0.25) is 5.91 Å². The first-order valence-electron chi connectivity index (χ1n) is 17.9. The fourth-order valence-electron chi connectivity index (χ4n) is 5.10. The summed E-state index contributed by atoms with van der Waals surface area (Å²) in [6, 6.07) is -0.758. The van der Waals surface area contributed by atoms with Gasteiger partial charge in [-0.3, -0.25) is 4.79 Å². The normalized spacial score (nSPS) is 14.4. The van der Waals surface area contributed by atoms with Gasteiger partial charge in [-0.2, -0.15) is 0 Å². The van der Waals surface area contributed by atoms with Crippen LogP contribution in [0, 0.1) is 0 Å². The minimum atomic E-state index is -0.949. The lowest BCUT2D eigenvalue weighted by atomic mass is 10.0. The molecule has 0 spiro atoms. The Balaban J connectivity index is 3.70. The van der Waals surface area contributed by atoms with Crippen molar-refractivity contribution < 1.29 is 20.1 Å². The van der Waals surface area contributed by atoms with E-state index >= 15 is 0 Å². The highest BCUT2D eigenvalue weighted by Crippen LogP contribution is 2.14. The fourth-order valence-corrected chi connectivity index (χ4v) is 5.10. The average molecular weight is 604 g/mol. The van der Waals surface area contributed by atoms with Crippen LogP contribution in [0.2, 0.25) is 0 Å². The highest BCUT2D eigenvalue weighted by atomic mass is 16.3. The third-order valence-electron chi connectivity index (χ3n) is 7.85. The summed E-state index contributed by atoms with van der Waals surface area (Å²) < 4.78 is 0. The third kappa shape index (κ3) is 30.1. The van der Waals surface area contributed by atoms with Gasteiger partial charge in [0.15, 0.2) is 0 Å². The zero-order valence-corrected chi connectivity index (χ0v) is 28.1. The zero-order chi connectivity index (χ0) is 31.6. The minimum absolute atomic E-state index is 0.00308. The highest BCUT2D eigenvalue weighted by Gasteiger charge is 2.20. The van der Waals surface area contributed by atoms with Crippen LogP contribution in [0.4, 0.5) is 0 Å². The molecule has 0 heterocycles. The summed E-state index contributed by atoms with van der Waals surface area (Å²) in [5, 5.41) is 32.9. The van der Waals surface area contributed by atoms with E-state index in [2.05, 4.69) is 55.6 Å². The van der Waals surface area contributed by atoms with Crippen molar-refractivity contribution >= 4 is 5.91 Å². The number of rotatable bonds is 31. The first kappa shape index (κ1) is 41.3.